The molecule has 2 N–H and O–H groups in total. The predicted molar refractivity (Wildman–Crippen MR) is 108 cm³/mol. The highest BCUT2D eigenvalue weighted by Gasteiger charge is 2.39. The minimum atomic E-state index is -0.517. The van der Waals surface area contributed by atoms with Gasteiger partial charge in [0.2, 0.25) is 0 Å². The summed E-state index contributed by atoms with van der Waals surface area (Å²) in [5.41, 5.74) is 0.588. The van der Waals surface area contributed by atoms with E-state index in [0.717, 1.165) is 31.5 Å². The minimum absolute atomic E-state index is 0.170. The first-order valence-electron chi connectivity index (χ1n) is 9.29. The van der Waals surface area contributed by atoms with Crippen LogP contribution in [0.2, 0.25) is 0 Å². The van der Waals surface area contributed by atoms with Gasteiger partial charge in [-0.25, -0.2) is 0 Å². The summed E-state index contributed by atoms with van der Waals surface area (Å²) in [4.78, 5) is 24.1. The molecule has 6 heteroatoms. The van der Waals surface area contributed by atoms with Crippen molar-refractivity contribution in [3.05, 3.63) is 35.9 Å². The third-order valence-corrected chi connectivity index (χ3v) is 5.05. The summed E-state index contributed by atoms with van der Waals surface area (Å²) in [6.45, 7) is 5.90. The van der Waals surface area contributed by atoms with Crippen molar-refractivity contribution in [1.29, 1.82) is 0 Å². The van der Waals surface area contributed by atoms with Crippen LogP contribution in [0.1, 0.15) is 51.5 Å². The van der Waals surface area contributed by atoms with Gasteiger partial charge in [0, 0.05) is 19.3 Å². The van der Waals surface area contributed by atoms with Crippen LogP contribution in [0.3, 0.4) is 0 Å². The molecular formula is C20H29INO4+. The normalized spacial score (nSPS) is 16.7. The number of halogens is 1. The number of piperidine rings is 1. The van der Waals surface area contributed by atoms with Gasteiger partial charge in [-0.1, -0.05) is 52.9 Å². The number of carbonyl (C=O) groups excluding carboxylic acids is 2. The van der Waals surface area contributed by atoms with E-state index in [-0.39, 0.29) is 11.9 Å². The molecule has 1 aromatic carbocycles. The summed E-state index contributed by atoms with van der Waals surface area (Å²) in [5, 5.41) is 2.26. The van der Waals surface area contributed by atoms with Crippen molar-refractivity contribution in [2.45, 2.75) is 55.0 Å². The average molecular weight is 474 g/mol. The first-order valence-corrected chi connectivity index (χ1v) is 10.4. The van der Waals surface area contributed by atoms with Crippen molar-refractivity contribution in [3.63, 3.8) is 0 Å². The molecule has 26 heavy (non-hydrogen) atoms. The number of nitrogens with two attached hydrogens (primary N) is 1. The molecule has 0 spiro atoms. The zero-order valence-corrected chi connectivity index (χ0v) is 17.8. The SMILES string of the molecule is CC(C)(I)C(=O)OCCCCC(=O)OC1(c2ccccc2)CC[NH2+]CC1. The van der Waals surface area contributed by atoms with Crippen LogP contribution in [0, 0.1) is 0 Å². The van der Waals surface area contributed by atoms with E-state index in [1.807, 2.05) is 44.2 Å². The summed E-state index contributed by atoms with van der Waals surface area (Å²) in [5.74, 6) is -0.390. The van der Waals surface area contributed by atoms with E-state index in [0.29, 0.717) is 25.9 Å². The fourth-order valence-corrected chi connectivity index (χ4v) is 3.26. The average Bonchev–Trinajstić information content (AvgIpc) is 2.62. The highest BCUT2D eigenvalue weighted by atomic mass is 127. The van der Waals surface area contributed by atoms with E-state index in [4.69, 9.17) is 9.47 Å². The lowest BCUT2D eigenvalue weighted by molar-refractivity contribution is -0.668. The van der Waals surface area contributed by atoms with E-state index < -0.39 is 9.02 Å². The van der Waals surface area contributed by atoms with E-state index in [1.165, 1.54) is 0 Å². The highest BCUT2D eigenvalue weighted by molar-refractivity contribution is 14.1. The molecule has 0 amide bonds. The summed E-state index contributed by atoms with van der Waals surface area (Å²) < 4.78 is 10.7. The molecule has 144 valence electrons. The molecule has 0 atom stereocenters. The van der Waals surface area contributed by atoms with Crippen molar-refractivity contribution >= 4 is 34.5 Å². The molecule has 0 saturated carbocycles. The van der Waals surface area contributed by atoms with Crippen LogP contribution < -0.4 is 5.32 Å². The number of esters is 2. The van der Waals surface area contributed by atoms with Crippen LogP contribution in [-0.2, 0) is 24.7 Å². The number of quaternary nitrogens is 1. The molecule has 1 aromatic rings. The molecule has 1 aliphatic heterocycles. The topological polar surface area (TPSA) is 69.2 Å². The predicted octanol–water partition coefficient (Wildman–Crippen LogP) is 2.71. The lowest BCUT2D eigenvalue weighted by atomic mass is 9.84. The number of rotatable bonds is 8. The number of hydrogen-bond acceptors (Lipinski definition) is 4. The van der Waals surface area contributed by atoms with Crippen LogP contribution in [0.5, 0.6) is 0 Å². The maximum absolute atomic E-state index is 12.4. The standard InChI is InChI=1S/C20H28INO4/c1-19(2,21)18(24)25-15-7-6-10-17(23)26-20(11-13-22-14-12-20)16-8-4-3-5-9-16/h3-5,8-9,22H,6-7,10-15H2,1-2H3/p+1. The van der Waals surface area contributed by atoms with Gasteiger partial charge in [-0.15, -0.1) is 0 Å². The van der Waals surface area contributed by atoms with Crippen LogP contribution in [0.25, 0.3) is 0 Å². The van der Waals surface area contributed by atoms with Crippen molar-refractivity contribution in [1.82, 2.24) is 0 Å². The Balaban J connectivity index is 1.80. The lowest BCUT2D eigenvalue weighted by Crippen LogP contribution is -2.87. The number of unbranched alkanes of at least 4 members (excludes halogenated alkanes) is 1. The van der Waals surface area contributed by atoms with Crippen LogP contribution in [0.4, 0.5) is 0 Å². The van der Waals surface area contributed by atoms with Crippen molar-refractivity contribution in [3.8, 4) is 0 Å². The van der Waals surface area contributed by atoms with Gasteiger partial charge >= 0.3 is 11.9 Å². The number of carbonyl (C=O) groups is 2. The second kappa shape index (κ2) is 9.69. The van der Waals surface area contributed by atoms with Gasteiger partial charge < -0.3 is 14.8 Å². The third kappa shape index (κ3) is 6.23. The van der Waals surface area contributed by atoms with E-state index >= 15 is 0 Å². The zero-order chi connectivity index (χ0) is 19.0. The van der Waals surface area contributed by atoms with Gasteiger partial charge in [-0.05, 0) is 32.3 Å². The van der Waals surface area contributed by atoms with Gasteiger partial charge in [0.15, 0.2) is 0 Å². The Labute approximate surface area is 169 Å². The molecule has 1 fully saturated rings. The van der Waals surface area contributed by atoms with Gasteiger partial charge in [0.1, 0.15) is 9.02 Å². The van der Waals surface area contributed by atoms with Crippen molar-refractivity contribution in [2.75, 3.05) is 19.7 Å². The molecule has 1 aliphatic rings. The maximum atomic E-state index is 12.4. The Morgan fingerprint density at radius 2 is 1.81 bits per heavy atom. The van der Waals surface area contributed by atoms with E-state index in [1.54, 1.807) is 0 Å². The molecule has 2 rings (SSSR count). The zero-order valence-electron chi connectivity index (χ0n) is 15.6. The molecule has 5 nitrogen and oxygen atoms in total. The second-order valence-corrected chi connectivity index (χ2v) is 9.96. The third-order valence-electron chi connectivity index (χ3n) is 4.61. The quantitative estimate of drug-likeness (QED) is 0.272. The van der Waals surface area contributed by atoms with Gasteiger partial charge in [-0.3, -0.25) is 9.59 Å². The number of benzene rings is 1. The smallest absolute Gasteiger partial charge is 0.321 e. The fraction of sp³-hybridized carbons (Fsp3) is 0.600. The lowest BCUT2D eigenvalue weighted by Gasteiger charge is -2.36. The number of alkyl halides is 1. The molecule has 1 saturated heterocycles. The Kier molecular flexibility index (Phi) is 7.88. The van der Waals surface area contributed by atoms with Crippen LogP contribution in [-0.4, -0.2) is 35.1 Å². The van der Waals surface area contributed by atoms with E-state index in [9.17, 15) is 9.59 Å². The molecule has 0 aliphatic carbocycles. The van der Waals surface area contributed by atoms with Crippen molar-refractivity contribution in [2.24, 2.45) is 0 Å². The number of ether oxygens (including phenoxy) is 2. The summed E-state index contributed by atoms with van der Waals surface area (Å²) in [6, 6.07) is 10.1. The van der Waals surface area contributed by atoms with Crippen molar-refractivity contribution < 1.29 is 24.4 Å². The van der Waals surface area contributed by atoms with Gasteiger partial charge in [0.05, 0.1) is 19.7 Å². The number of hydrogen-bond donors (Lipinski definition) is 1. The summed E-state index contributed by atoms with van der Waals surface area (Å²) >= 11 is 2.06. The van der Waals surface area contributed by atoms with Gasteiger partial charge in [0.25, 0.3) is 0 Å². The Hall–Kier alpha value is -1.15. The fourth-order valence-electron chi connectivity index (χ4n) is 3.11. The Morgan fingerprint density at radius 1 is 1.15 bits per heavy atom. The molecular weight excluding hydrogens is 445 g/mol. The monoisotopic (exact) mass is 474 g/mol. The molecule has 0 radical (unpaired) electrons. The molecule has 1 heterocycles. The van der Waals surface area contributed by atoms with Gasteiger partial charge in [-0.2, -0.15) is 0 Å². The second-order valence-electron chi connectivity index (χ2n) is 7.27. The first-order chi connectivity index (χ1) is 12.3. The summed E-state index contributed by atoms with van der Waals surface area (Å²) in [6.07, 6.45) is 3.35. The summed E-state index contributed by atoms with van der Waals surface area (Å²) in [7, 11) is 0. The Morgan fingerprint density at radius 3 is 2.42 bits per heavy atom. The Bertz CT molecular complexity index is 592. The van der Waals surface area contributed by atoms with Crippen LogP contribution in [0.15, 0.2) is 30.3 Å². The molecule has 0 bridgehead atoms. The first kappa shape index (κ1) is 21.2. The van der Waals surface area contributed by atoms with Crippen LogP contribution >= 0.6 is 22.6 Å². The molecule has 0 aromatic heterocycles. The van der Waals surface area contributed by atoms with E-state index in [2.05, 4.69) is 27.9 Å². The minimum Gasteiger partial charge on any atom is -0.465 e. The largest absolute Gasteiger partial charge is 0.465 e. The highest BCUT2D eigenvalue weighted by Crippen LogP contribution is 2.34. The maximum Gasteiger partial charge on any atom is 0.321 e. The molecule has 0 unspecified atom stereocenters.